The second-order valence-electron chi connectivity index (χ2n) is 6.80. The molecule has 0 spiro atoms. The molecule has 0 aliphatic carbocycles. The van der Waals surface area contributed by atoms with E-state index < -0.39 is 0 Å². The van der Waals surface area contributed by atoms with Crippen molar-refractivity contribution in [1.82, 2.24) is 19.6 Å². The quantitative estimate of drug-likeness (QED) is 0.564. The first-order chi connectivity index (χ1) is 13.3. The van der Waals surface area contributed by atoms with Crippen LogP contribution < -0.4 is 15.5 Å². The average Bonchev–Trinajstić information content (AvgIpc) is 3.33. The smallest absolute Gasteiger partial charge is 0.183 e. The van der Waals surface area contributed by atoms with Crippen LogP contribution in [0.4, 0.5) is 5.82 Å². The first-order valence-corrected chi connectivity index (χ1v) is 9.11. The molecule has 2 aromatic heterocycles. The molecule has 1 saturated heterocycles. The summed E-state index contributed by atoms with van der Waals surface area (Å²) in [7, 11) is 0. The highest BCUT2D eigenvalue weighted by atomic mass is 16.5. The fourth-order valence-electron chi connectivity index (χ4n) is 3.85. The Balaban J connectivity index is 1.41. The predicted molar refractivity (Wildman–Crippen MR) is 105 cm³/mol. The van der Waals surface area contributed by atoms with Crippen LogP contribution in [0, 0.1) is 0 Å². The van der Waals surface area contributed by atoms with E-state index in [1.54, 1.807) is 12.7 Å². The molecule has 1 atom stereocenters. The molecule has 1 unspecified atom stereocenters. The molecule has 3 heterocycles. The zero-order valence-electron chi connectivity index (χ0n) is 14.8. The van der Waals surface area contributed by atoms with E-state index in [0.29, 0.717) is 12.3 Å². The van der Waals surface area contributed by atoms with Crippen LogP contribution >= 0.6 is 0 Å². The highest BCUT2D eigenvalue weighted by Gasteiger charge is 2.29. The third-order valence-corrected chi connectivity index (χ3v) is 5.17. The lowest BCUT2D eigenvalue weighted by atomic mass is 10.1. The minimum atomic E-state index is 0.241. The number of benzene rings is 2. The molecule has 1 aliphatic heterocycles. The fourth-order valence-corrected chi connectivity index (χ4v) is 3.85. The van der Waals surface area contributed by atoms with Crippen LogP contribution in [0.2, 0.25) is 0 Å². The number of rotatable bonds is 4. The van der Waals surface area contributed by atoms with Crippen molar-refractivity contribution in [2.45, 2.75) is 18.9 Å². The molecule has 5 rings (SSSR count). The molecule has 27 heavy (non-hydrogen) atoms. The molecule has 0 radical (unpaired) electrons. The molecule has 7 heteroatoms. The molecule has 1 aliphatic rings. The third kappa shape index (κ3) is 2.71. The molecular weight excluding hydrogens is 340 g/mol. The SMILES string of the molecule is Nn1cnc2c(N3CCCC3COc3cccc4ccccc34)ncnc21. The summed E-state index contributed by atoms with van der Waals surface area (Å²) in [5.74, 6) is 7.63. The number of imidazole rings is 1. The van der Waals surface area contributed by atoms with Crippen molar-refractivity contribution in [3.05, 3.63) is 55.1 Å². The Labute approximate surface area is 156 Å². The molecule has 0 saturated carbocycles. The molecule has 0 amide bonds. The number of fused-ring (bicyclic) bond motifs is 2. The van der Waals surface area contributed by atoms with E-state index in [1.165, 1.54) is 10.1 Å². The van der Waals surface area contributed by atoms with E-state index in [-0.39, 0.29) is 6.04 Å². The zero-order valence-corrected chi connectivity index (χ0v) is 14.8. The van der Waals surface area contributed by atoms with Gasteiger partial charge in [-0.15, -0.1) is 0 Å². The molecule has 136 valence electrons. The van der Waals surface area contributed by atoms with Crippen LogP contribution in [-0.2, 0) is 0 Å². The molecule has 1 fully saturated rings. The maximum absolute atomic E-state index is 6.24. The van der Waals surface area contributed by atoms with Crippen LogP contribution in [0.1, 0.15) is 12.8 Å². The van der Waals surface area contributed by atoms with Crippen molar-refractivity contribution >= 4 is 27.8 Å². The second-order valence-corrected chi connectivity index (χ2v) is 6.80. The van der Waals surface area contributed by atoms with Gasteiger partial charge in [0.25, 0.3) is 0 Å². The number of nitrogens with zero attached hydrogens (tertiary/aromatic N) is 5. The predicted octanol–water partition coefficient (Wildman–Crippen LogP) is 2.74. The number of ether oxygens (including phenoxy) is 1. The Morgan fingerprint density at radius 3 is 2.93 bits per heavy atom. The van der Waals surface area contributed by atoms with Crippen LogP contribution in [0.15, 0.2) is 55.1 Å². The molecule has 0 bridgehead atoms. The molecule has 2 N–H and O–H groups in total. The second kappa shape index (κ2) is 6.42. The lowest BCUT2D eigenvalue weighted by Gasteiger charge is -2.26. The van der Waals surface area contributed by atoms with Gasteiger partial charge in [0.05, 0.1) is 6.04 Å². The molecule has 7 nitrogen and oxygen atoms in total. The van der Waals surface area contributed by atoms with Gasteiger partial charge in [-0.25, -0.2) is 19.6 Å². The minimum absolute atomic E-state index is 0.241. The Kier molecular flexibility index (Phi) is 3.78. The van der Waals surface area contributed by atoms with Gasteiger partial charge in [-0.3, -0.25) is 0 Å². The van der Waals surface area contributed by atoms with E-state index in [0.717, 1.165) is 41.9 Å². The molecular formula is C20H20N6O. The van der Waals surface area contributed by atoms with Gasteiger partial charge in [0.15, 0.2) is 17.0 Å². The van der Waals surface area contributed by atoms with Gasteiger partial charge >= 0.3 is 0 Å². The van der Waals surface area contributed by atoms with E-state index >= 15 is 0 Å². The summed E-state index contributed by atoms with van der Waals surface area (Å²) in [6.45, 7) is 1.52. The normalized spacial score (nSPS) is 17.0. The topological polar surface area (TPSA) is 82.1 Å². The summed E-state index contributed by atoms with van der Waals surface area (Å²) in [6.07, 6.45) is 5.27. The van der Waals surface area contributed by atoms with Crippen LogP contribution in [-0.4, -0.2) is 38.8 Å². The highest BCUT2D eigenvalue weighted by Crippen LogP contribution is 2.30. The van der Waals surface area contributed by atoms with Crippen molar-refractivity contribution in [3.8, 4) is 5.75 Å². The molecule has 2 aromatic carbocycles. The summed E-state index contributed by atoms with van der Waals surface area (Å²) in [5.41, 5.74) is 1.37. The minimum Gasteiger partial charge on any atom is -0.491 e. The zero-order chi connectivity index (χ0) is 18.2. The third-order valence-electron chi connectivity index (χ3n) is 5.17. The number of hydrogen-bond donors (Lipinski definition) is 1. The van der Waals surface area contributed by atoms with Crippen molar-refractivity contribution in [2.75, 3.05) is 23.9 Å². The van der Waals surface area contributed by atoms with Gasteiger partial charge in [0.2, 0.25) is 0 Å². The Bertz CT molecular complexity index is 1100. The maximum Gasteiger partial charge on any atom is 0.183 e. The van der Waals surface area contributed by atoms with Gasteiger partial charge < -0.3 is 15.5 Å². The van der Waals surface area contributed by atoms with Crippen LogP contribution in [0.25, 0.3) is 21.9 Å². The lowest BCUT2D eigenvalue weighted by molar-refractivity contribution is 0.291. The summed E-state index contributed by atoms with van der Waals surface area (Å²) in [6, 6.07) is 14.7. The van der Waals surface area contributed by atoms with E-state index in [1.807, 2.05) is 24.3 Å². The van der Waals surface area contributed by atoms with Crippen LogP contribution in [0.5, 0.6) is 5.75 Å². The summed E-state index contributed by atoms with van der Waals surface area (Å²) in [5, 5.41) is 2.32. The van der Waals surface area contributed by atoms with Gasteiger partial charge in [-0.2, -0.15) is 0 Å². The lowest BCUT2D eigenvalue weighted by Crippen LogP contribution is -2.35. The fraction of sp³-hybridized carbons (Fsp3) is 0.250. The summed E-state index contributed by atoms with van der Waals surface area (Å²) >= 11 is 0. The Morgan fingerprint density at radius 1 is 1.07 bits per heavy atom. The van der Waals surface area contributed by atoms with Crippen molar-refractivity contribution in [1.29, 1.82) is 0 Å². The number of nitrogens with two attached hydrogens (primary N) is 1. The van der Waals surface area contributed by atoms with Gasteiger partial charge in [0, 0.05) is 11.9 Å². The highest BCUT2D eigenvalue weighted by molar-refractivity contribution is 5.88. The number of hydrogen-bond acceptors (Lipinski definition) is 6. The largest absolute Gasteiger partial charge is 0.491 e. The number of aromatic nitrogens is 4. The summed E-state index contributed by atoms with van der Waals surface area (Å²) < 4.78 is 7.67. The van der Waals surface area contributed by atoms with Crippen molar-refractivity contribution in [3.63, 3.8) is 0 Å². The van der Waals surface area contributed by atoms with Gasteiger partial charge in [-0.1, -0.05) is 36.4 Å². The van der Waals surface area contributed by atoms with E-state index in [9.17, 15) is 0 Å². The van der Waals surface area contributed by atoms with Crippen molar-refractivity contribution < 1.29 is 4.74 Å². The monoisotopic (exact) mass is 360 g/mol. The standard InChI is InChI=1S/C20H20N6O/c21-26-13-24-18-19(22-12-23-20(18)26)25-10-4-7-15(25)11-27-17-9-3-6-14-5-1-2-8-16(14)17/h1-3,5-6,8-9,12-13,15H,4,7,10-11,21H2. The van der Waals surface area contributed by atoms with E-state index in [2.05, 4.69) is 38.1 Å². The maximum atomic E-state index is 6.24. The number of anilines is 1. The first-order valence-electron chi connectivity index (χ1n) is 9.11. The van der Waals surface area contributed by atoms with Crippen LogP contribution in [0.3, 0.4) is 0 Å². The van der Waals surface area contributed by atoms with E-state index in [4.69, 9.17) is 10.6 Å². The number of nitrogen functional groups attached to an aromatic ring is 1. The van der Waals surface area contributed by atoms with Crippen molar-refractivity contribution in [2.24, 2.45) is 0 Å². The molecule has 4 aromatic rings. The average molecular weight is 360 g/mol. The first kappa shape index (κ1) is 15.9. The van der Waals surface area contributed by atoms with Gasteiger partial charge in [-0.05, 0) is 24.3 Å². The Hall–Kier alpha value is -3.35. The summed E-state index contributed by atoms with van der Waals surface area (Å²) in [4.78, 5) is 15.4. The van der Waals surface area contributed by atoms with Gasteiger partial charge in [0.1, 0.15) is 25.0 Å². The Morgan fingerprint density at radius 2 is 1.96 bits per heavy atom.